The Kier molecular flexibility index (Phi) is 7.09. The van der Waals surface area contributed by atoms with E-state index in [0.717, 1.165) is 40.6 Å². The third kappa shape index (κ3) is 4.89. The molecule has 0 aliphatic heterocycles. The van der Waals surface area contributed by atoms with Crippen LogP contribution in [0.2, 0.25) is 0 Å². The number of benzene rings is 3. The molecule has 2 heterocycles. The maximum atomic E-state index is 12.8. The number of halogens is 1. The standard InChI is InChI=1S/C28H21BrO5S2/c1-2-33-27(31)18-6-10-24-21(14-18)26(29)25(36-24)11-12-34-28(32)17-5-9-23-20(13-17)22(15-35-23)16-3-7-19(30)8-4-16/h3-10,13-15,30H,2,11-12H2,1H3. The van der Waals surface area contributed by atoms with Crippen molar-refractivity contribution >= 4 is 70.7 Å². The second-order valence-electron chi connectivity index (χ2n) is 8.06. The smallest absolute Gasteiger partial charge is 0.338 e. The Morgan fingerprint density at radius 3 is 2.28 bits per heavy atom. The van der Waals surface area contributed by atoms with E-state index in [9.17, 15) is 14.7 Å². The zero-order valence-electron chi connectivity index (χ0n) is 19.2. The highest BCUT2D eigenvalue weighted by molar-refractivity contribution is 9.10. The number of ether oxygens (including phenoxy) is 2. The number of hydrogen-bond donors (Lipinski definition) is 1. The van der Waals surface area contributed by atoms with E-state index in [1.807, 2.05) is 36.4 Å². The van der Waals surface area contributed by atoms with E-state index in [1.54, 1.807) is 53.9 Å². The topological polar surface area (TPSA) is 72.8 Å². The molecule has 0 saturated carbocycles. The lowest BCUT2D eigenvalue weighted by Gasteiger charge is -2.06. The van der Waals surface area contributed by atoms with Gasteiger partial charge in [-0.15, -0.1) is 22.7 Å². The highest BCUT2D eigenvalue weighted by Crippen LogP contribution is 2.37. The first-order valence-corrected chi connectivity index (χ1v) is 13.8. The third-order valence-corrected chi connectivity index (χ3v) is 9.12. The number of esters is 2. The molecule has 0 atom stereocenters. The van der Waals surface area contributed by atoms with E-state index in [1.165, 1.54) is 0 Å². The Morgan fingerprint density at radius 2 is 1.56 bits per heavy atom. The second kappa shape index (κ2) is 10.4. The van der Waals surface area contributed by atoms with E-state index in [-0.39, 0.29) is 24.3 Å². The molecule has 0 amide bonds. The van der Waals surface area contributed by atoms with Crippen LogP contribution in [0.4, 0.5) is 0 Å². The molecule has 2 aromatic heterocycles. The summed E-state index contributed by atoms with van der Waals surface area (Å²) in [6, 6.07) is 18.1. The van der Waals surface area contributed by atoms with Crippen LogP contribution in [-0.2, 0) is 15.9 Å². The lowest BCUT2D eigenvalue weighted by Crippen LogP contribution is -2.07. The van der Waals surface area contributed by atoms with E-state index in [4.69, 9.17) is 9.47 Å². The Hall–Kier alpha value is -3.20. The van der Waals surface area contributed by atoms with Crippen LogP contribution < -0.4 is 0 Å². The summed E-state index contributed by atoms with van der Waals surface area (Å²) in [7, 11) is 0. The predicted octanol–water partition coefficient (Wildman–Crippen LogP) is 7.83. The van der Waals surface area contributed by atoms with Gasteiger partial charge in [0.05, 0.1) is 24.3 Å². The van der Waals surface area contributed by atoms with Gasteiger partial charge in [-0.3, -0.25) is 0 Å². The number of fused-ring (bicyclic) bond motifs is 2. The molecule has 182 valence electrons. The molecular formula is C28H21BrO5S2. The van der Waals surface area contributed by atoms with Crippen molar-refractivity contribution in [2.45, 2.75) is 13.3 Å². The molecule has 0 radical (unpaired) electrons. The van der Waals surface area contributed by atoms with Crippen LogP contribution >= 0.6 is 38.6 Å². The van der Waals surface area contributed by atoms with Crippen LogP contribution in [0.3, 0.4) is 0 Å². The van der Waals surface area contributed by atoms with Gasteiger partial charge in [-0.1, -0.05) is 12.1 Å². The van der Waals surface area contributed by atoms with Crippen molar-refractivity contribution in [2.75, 3.05) is 13.2 Å². The van der Waals surface area contributed by atoms with Gasteiger partial charge in [-0.05, 0) is 82.3 Å². The van der Waals surface area contributed by atoms with Crippen molar-refractivity contribution in [1.82, 2.24) is 0 Å². The number of aromatic hydroxyl groups is 1. The fraction of sp³-hybridized carbons (Fsp3) is 0.143. The fourth-order valence-corrected chi connectivity index (χ4v) is 6.87. The van der Waals surface area contributed by atoms with Crippen molar-refractivity contribution < 1.29 is 24.2 Å². The van der Waals surface area contributed by atoms with E-state index in [0.29, 0.717) is 24.2 Å². The maximum absolute atomic E-state index is 12.8. The summed E-state index contributed by atoms with van der Waals surface area (Å²) in [5.41, 5.74) is 3.00. The summed E-state index contributed by atoms with van der Waals surface area (Å²) < 4.78 is 13.7. The van der Waals surface area contributed by atoms with Crippen molar-refractivity contribution in [1.29, 1.82) is 0 Å². The summed E-state index contributed by atoms with van der Waals surface area (Å²) in [5.74, 6) is -0.502. The molecule has 36 heavy (non-hydrogen) atoms. The minimum absolute atomic E-state index is 0.215. The Labute approximate surface area is 224 Å². The molecule has 0 fully saturated rings. The Balaban J connectivity index is 1.29. The molecular weight excluding hydrogens is 560 g/mol. The normalized spacial score (nSPS) is 11.2. The van der Waals surface area contributed by atoms with Crippen LogP contribution in [-0.4, -0.2) is 30.3 Å². The Morgan fingerprint density at radius 1 is 0.889 bits per heavy atom. The minimum Gasteiger partial charge on any atom is -0.508 e. The first kappa shape index (κ1) is 24.5. The molecule has 0 unspecified atom stereocenters. The number of thiophene rings is 2. The molecule has 0 saturated heterocycles. The highest BCUT2D eigenvalue weighted by Gasteiger charge is 2.16. The third-order valence-electron chi connectivity index (χ3n) is 5.75. The first-order chi connectivity index (χ1) is 17.4. The molecule has 0 bridgehead atoms. The van der Waals surface area contributed by atoms with Gasteiger partial charge in [-0.2, -0.15) is 0 Å². The monoisotopic (exact) mass is 580 g/mol. The molecule has 0 aliphatic carbocycles. The molecule has 0 aliphatic rings. The van der Waals surface area contributed by atoms with Crippen molar-refractivity contribution in [2.24, 2.45) is 0 Å². The van der Waals surface area contributed by atoms with Gasteiger partial charge in [-0.25, -0.2) is 9.59 Å². The van der Waals surface area contributed by atoms with Gasteiger partial charge in [0, 0.05) is 41.5 Å². The zero-order valence-corrected chi connectivity index (χ0v) is 22.5. The lowest BCUT2D eigenvalue weighted by atomic mass is 10.0. The van der Waals surface area contributed by atoms with Crippen LogP contribution in [0.5, 0.6) is 5.75 Å². The average molecular weight is 582 g/mol. The minimum atomic E-state index is -0.374. The quantitative estimate of drug-likeness (QED) is 0.198. The zero-order chi connectivity index (χ0) is 25.2. The van der Waals surface area contributed by atoms with Crippen molar-refractivity contribution in [3.63, 3.8) is 0 Å². The van der Waals surface area contributed by atoms with Crippen LogP contribution in [0.15, 0.2) is 70.5 Å². The van der Waals surface area contributed by atoms with Gasteiger partial charge in [0.15, 0.2) is 0 Å². The van der Waals surface area contributed by atoms with E-state index < -0.39 is 0 Å². The van der Waals surface area contributed by atoms with Crippen LogP contribution in [0.25, 0.3) is 31.3 Å². The molecule has 0 spiro atoms. The number of rotatable bonds is 7. The summed E-state index contributed by atoms with van der Waals surface area (Å²) in [6.45, 7) is 2.35. The first-order valence-electron chi connectivity index (χ1n) is 11.3. The SMILES string of the molecule is CCOC(=O)c1ccc2sc(CCOC(=O)c3ccc4scc(-c5ccc(O)cc5)c4c3)c(Br)c2c1. The van der Waals surface area contributed by atoms with Crippen LogP contribution in [0, 0.1) is 0 Å². The van der Waals surface area contributed by atoms with Gasteiger partial charge in [0.2, 0.25) is 0 Å². The van der Waals surface area contributed by atoms with Gasteiger partial charge in [0.1, 0.15) is 5.75 Å². The lowest BCUT2D eigenvalue weighted by molar-refractivity contribution is 0.0505. The van der Waals surface area contributed by atoms with E-state index >= 15 is 0 Å². The maximum Gasteiger partial charge on any atom is 0.338 e. The molecule has 5 aromatic rings. The highest BCUT2D eigenvalue weighted by atomic mass is 79.9. The molecule has 8 heteroatoms. The fourth-order valence-electron chi connectivity index (χ4n) is 3.96. The summed E-state index contributed by atoms with van der Waals surface area (Å²) in [5, 5.41) is 13.6. The molecule has 1 N–H and O–H groups in total. The van der Waals surface area contributed by atoms with Gasteiger partial charge in [0.25, 0.3) is 0 Å². The summed E-state index contributed by atoms with van der Waals surface area (Å²) in [4.78, 5) is 25.9. The average Bonchev–Trinajstić information content (AvgIpc) is 3.45. The van der Waals surface area contributed by atoms with Gasteiger partial charge >= 0.3 is 11.9 Å². The molecule has 5 rings (SSSR count). The molecule has 5 nitrogen and oxygen atoms in total. The number of phenols is 1. The summed E-state index contributed by atoms with van der Waals surface area (Å²) in [6.07, 6.45) is 0.555. The summed E-state index contributed by atoms with van der Waals surface area (Å²) >= 11 is 6.86. The van der Waals surface area contributed by atoms with E-state index in [2.05, 4.69) is 21.3 Å². The van der Waals surface area contributed by atoms with Crippen molar-refractivity contribution in [3.05, 3.63) is 86.5 Å². The number of carbonyl (C=O) groups excluding carboxylic acids is 2. The number of carbonyl (C=O) groups is 2. The number of hydrogen-bond acceptors (Lipinski definition) is 7. The number of phenolic OH excluding ortho intramolecular Hbond substituents is 1. The van der Waals surface area contributed by atoms with Crippen molar-refractivity contribution in [3.8, 4) is 16.9 Å². The molecule has 3 aromatic carbocycles. The van der Waals surface area contributed by atoms with Gasteiger partial charge < -0.3 is 14.6 Å². The Bertz CT molecular complexity index is 1580. The second-order valence-corrected chi connectivity index (χ2v) is 10.9. The largest absolute Gasteiger partial charge is 0.508 e. The predicted molar refractivity (Wildman–Crippen MR) is 148 cm³/mol. The van der Waals surface area contributed by atoms with Crippen LogP contribution in [0.1, 0.15) is 32.5 Å².